The van der Waals surface area contributed by atoms with Crippen LogP contribution >= 0.6 is 11.3 Å². The maximum absolute atomic E-state index is 5.49. The summed E-state index contributed by atoms with van der Waals surface area (Å²) in [6.07, 6.45) is 0.985. The van der Waals surface area contributed by atoms with Crippen LogP contribution in [-0.2, 0) is 11.2 Å². The van der Waals surface area contributed by atoms with E-state index >= 15 is 0 Å². The summed E-state index contributed by atoms with van der Waals surface area (Å²) in [7, 11) is 0. The molecule has 0 saturated carbocycles. The first-order chi connectivity index (χ1) is 12.5. The van der Waals surface area contributed by atoms with Crippen LogP contribution in [0.4, 0.5) is 0 Å². The number of guanidine groups is 1. The van der Waals surface area contributed by atoms with Gasteiger partial charge in [0.2, 0.25) is 0 Å². The molecule has 7 heteroatoms. The molecule has 1 atom stereocenters. The van der Waals surface area contributed by atoms with E-state index in [1.54, 1.807) is 11.3 Å². The van der Waals surface area contributed by atoms with E-state index in [0.29, 0.717) is 12.0 Å². The lowest BCUT2D eigenvalue weighted by molar-refractivity contribution is 0.00867. The van der Waals surface area contributed by atoms with Gasteiger partial charge in [0.25, 0.3) is 0 Å². The Labute approximate surface area is 162 Å². The molecule has 0 aliphatic carbocycles. The van der Waals surface area contributed by atoms with Crippen molar-refractivity contribution < 1.29 is 4.74 Å². The van der Waals surface area contributed by atoms with Gasteiger partial charge in [-0.2, -0.15) is 0 Å². The average molecular weight is 382 g/mol. The molecule has 1 aliphatic heterocycles. The third kappa shape index (κ3) is 6.52. The van der Waals surface area contributed by atoms with Gasteiger partial charge in [-0.15, -0.1) is 11.3 Å². The standard InChI is InChI=1S/C19H35N5OS/c1-6-20-19(21-8-7-18-15(4)23-16(5)26-18)22-13-17(14(2)3)24-9-11-25-12-10-24/h14,17H,6-13H2,1-5H3,(H2,20,21,22). The molecular weight excluding hydrogens is 346 g/mol. The fraction of sp³-hybridized carbons (Fsp3) is 0.789. The molecular formula is C19H35N5OS. The Morgan fingerprint density at radius 2 is 2.00 bits per heavy atom. The summed E-state index contributed by atoms with van der Waals surface area (Å²) < 4.78 is 5.49. The van der Waals surface area contributed by atoms with Gasteiger partial charge in [-0.1, -0.05) is 13.8 Å². The molecule has 0 spiro atoms. The van der Waals surface area contributed by atoms with Crippen molar-refractivity contribution in [3.05, 3.63) is 15.6 Å². The number of aromatic nitrogens is 1. The van der Waals surface area contributed by atoms with Crippen molar-refractivity contribution in [2.75, 3.05) is 45.9 Å². The van der Waals surface area contributed by atoms with Crippen molar-refractivity contribution >= 4 is 17.3 Å². The Balaban J connectivity index is 1.90. The zero-order valence-corrected chi connectivity index (χ0v) is 17.8. The molecule has 1 unspecified atom stereocenters. The normalized spacial score (nSPS) is 17.5. The van der Waals surface area contributed by atoms with Gasteiger partial charge >= 0.3 is 0 Å². The fourth-order valence-corrected chi connectivity index (χ4v) is 4.22. The summed E-state index contributed by atoms with van der Waals surface area (Å²) in [6.45, 7) is 17.1. The predicted molar refractivity (Wildman–Crippen MR) is 110 cm³/mol. The van der Waals surface area contributed by atoms with Gasteiger partial charge < -0.3 is 15.4 Å². The molecule has 2 rings (SSSR count). The lowest BCUT2D eigenvalue weighted by Gasteiger charge is -2.36. The van der Waals surface area contributed by atoms with Crippen molar-refractivity contribution in [1.29, 1.82) is 0 Å². The number of morpholine rings is 1. The first kappa shape index (κ1) is 21.1. The van der Waals surface area contributed by atoms with E-state index in [4.69, 9.17) is 9.73 Å². The van der Waals surface area contributed by atoms with Crippen LogP contribution in [0.1, 0.15) is 36.3 Å². The zero-order valence-electron chi connectivity index (χ0n) is 17.0. The van der Waals surface area contributed by atoms with Gasteiger partial charge in [0, 0.05) is 43.5 Å². The van der Waals surface area contributed by atoms with Gasteiger partial charge in [0.05, 0.1) is 30.5 Å². The first-order valence-corrected chi connectivity index (χ1v) is 10.6. The van der Waals surface area contributed by atoms with Crippen LogP contribution < -0.4 is 10.6 Å². The number of ether oxygens (including phenoxy) is 1. The minimum Gasteiger partial charge on any atom is -0.379 e. The van der Waals surface area contributed by atoms with Crippen molar-refractivity contribution in [3.63, 3.8) is 0 Å². The quantitative estimate of drug-likeness (QED) is 0.534. The minimum atomic E-state index is 0.459. The minimum absolute atomic E-state index is 0.459. The van der Waals surface area contributed by atoms with Gasteiger partial charge in [-0.05, 0) is 26.7 Å². The number of thiazole rings is 1. The Morgan fingerprint density at radius 3 is 2.58 bits per heavy atom. The Hall–Kier alpha value is -1.18. The van der Waals surface area contributed by atoms with Crippen molar-refractivity contribution in [1.82, 2.24) is 20.5 Å². The van der Waals surface area contributed by atoms with Crippen molar-refractivity contribution in [2.45, 2.75) is 47.1 Å². The van der Waals surface area contributed by atoms with Crippen LogP contribution in [0.3, 0.4) is 0 Å². The van der Waals surface area contributed by atoms with Gasteiger partial charge in [0.1, 0.15) is 0 Å². The van der Waals surface area contributed by atoms with Crippen LogP contribution in [0.25, 0.3) is 0 Å². The lowest BCUT2D eigenvalue weighted by atomic mass is 10.0. The number of rotatable bonds is 8. The molecule has 0 radical (unpaired) electrons. The number of nitrogens with zero attached hydrogens (tertiary/aromatic N) is 3. The second-order valence-corrected chi connectivity index (χ2v) is 8.39. The smallest absolute Gasteiger partial charge is 0.191 e. The van der Waals surface area contributed by atoms with E-state index < -0.39 is 0 Å². The topological polar surface area (TPSA) is 61.8 Å². The highest BCUT2D eigenvalue weighted by Gasteiger charge is 2.23. The van der Waals surface area contributed by atoms with Crippen molar-refractivity contribution in [3.8, 4) is 0 Å². The van der Waals surface area contributed by atoms with Crippen LogP contribution in [0, 0.1) is 19.8 Å². The molecule has 1 aromatic heterocycles. The summed E-state index contributed by atoms with van der Waals surface area (Å²) in [4.78, 5) is 13.3. The summed E-state index contributed by atoms with van der Waals surface area (Å²) in [5.74, 6) is 1.48. The zero-order chi connectivity index (χ0) is 18.9. The Morgan fingerprint density at radius 1 is 1.27 bits per heavy atom. The fourth-order valence-electron chi connectivity index (χ4n) is 3.28. The molecule has 1 aromatic rings. The molecule has 148 valence electrons. The van der Waals surface area contributed by atoms with Crippen LogP contribution in [0.5, 0.6) is 0 Å². The maximum Gasteiger partial charge on any atom is 0.191 e. The molecule has 0 amide bonds. The third-order valence-electron chi connectivity index (χ3n) is 4.71. The molecule has 0 bridgehead atoms. The van der Waals surface area contributed by atoms with E-state index in [1.165, 1.54) is 4.88 Å². The van der Waals surface area contributed by atoms with E-state index in [9.17, 15) is 0 Å². The molecule has 1 saturated heterocycles. The number of aryl methyl sites for hydroxylation is 2. The second kappa shape index (κ2) is 10.8. The largest absolute Gasteiger partial charge is 0.379 e. The SMILES string of the molecule is CCNC(=NCC(C(C)C)N1CCOCC1)NCCc1sc(C)nc1C. The molecule has 26 heavy (non-hydrogen) atoms. The molecule has 2 N–H and O–H groups in total. The summed E-state index contributed by atoms with van der Waals surface area (Å²) in [5.41, 5.74) is 1.16. The highest BCUT2D eigenvalue weighted by molar-refractivity contribution is 7.11. The van der Waals surface area contributed by atoms with Crippen LogP contribution in [0.2, 0.25) is 0 Å². The van der Waals surface area contributed by atoms with E-state index in [1.807, 2.05) is 0 Å². The summed E-state index contributed by atoms with van der Waals surface area (Å²) >= 11 is 1.79. The Kier molecular flexibility index (Phi) is 8.81. The second-order valence-electron chi connectivity index (χ2n) is 7.10. The van der Waals surface area contributed by atoms with Gasteiger partial charge in [-0.25, -0.2) is 4.98 Å². The highest BCUT2D eigenvalue weighted by Crippen LogP contribution is 2.17. The first-order valence-electron chi connectivity index (χ1n) is 9.78. The highest BCUT2D eigenvalue weighted by atomic mass is 32.1. The predicted octanol–water partition coefficient (Wildman–Crippen LogP) is 2.21. The number of hydrogen-bond donors (Lipinski definition) is 2. The number of aliphatic imine (C=N–C) groups is 1. The molecule has 6 nitrogen and oxygen atoms in total. The average Bonchev–Trinajstić information content (AvgIpc) is 2.93. The van der Waals surface area contributed by atoms with Crippen LogP contribution in [0.15, 0.2) is 4.99 Å². The third-order valence-corrected chi connectivity index (χ3v) is 5.84. The molecule has 1 fully saturated rings. The van der Waals surface area contributed by atoms with E-state index in [0.717, 1.165) is 69.0 Å². The van der Waals surface area contributed by atoms with E-state index in [2.05, 4.69) is 55.1 Å². The maximum atomic E-state index is 5.49. The number of hydrogen-bond acceptors (Lipinski definition) is 5. The lowest BCUT2D eigenvalue weighted by Crippen LogP contribution is -2.48. The molecule has 1 aliphatic rings. The van der Waals surface area contributed by atoms with Crippen molar-refractivity contribution in [2.24, 2.45) is 10.9 Å². The van der Waals surface area contributed by atoms with Gasteiger partial charge in [0.15, 0.2) is 5.96 Å². The summed E-state index contributed by atoms with van der Waals surface area (Å²) in [5, 5.41) is 7.99. The number of nitrogens with one attached hydrogen (secondary N) is 2. The van der Waals surface area contributed by atoms with Crippen LogP contribution in [-0.4, -0.2) is 67.8 Å². The summed E-state index contributed by atoms with van der Waals surface area (Å²) in [6, 6.07) is 0.459. The molecule has 0 aromatic carbocycles. The molecule has 2 heterocycles. The van der Waals surface area contributed by atoms with E-state index in [-0.39, 0.29) is 0 Å². The monoisotopic (exact) mass is 381 g/mol. The van der Waals surface area contributed by atoms with Gasteiger partial charge in [-0.3, -0.25) is 9.89 Å². The Bertz CT molecular complexity index is 566.